The van der Waals surface area contributed by atoms with Crippen LogP contribution in [0, 0.1) is 23.2 Å². The number of fused-ring (bicyclic) bond motifs is 2. The van der Waals surface area contributed by atoms with E-state index < -0.39 is 0 Å². The van der Waals surface area contributed by atoms with E-state index in [2.05, 4.69) is 47.1 Å². The Bertz CT molecular complexity index is 711. The fraction of sp³-hybridized carbons (Fsp3) is 0.789. The summed E-state index contributed by atoms with van der Waals surface area (Å²) in [5.41, 5.74) is 1.17. The Balaban J connectivity index is 1.52. The Kier molecular flexibility index (Phi) is 4.47. The van der Waals surface area contributed by atoms with Crippen molar-refractivity contribution < 1.29 is 4.74 Å². The summed E-state index contributed by atoms with van der Waals surface area (Å²) in [5, 5.41) is 8.00. The van der Waals surface area contributed by atoms with Crippen molar-refractivity contribution in [2.24, 2.45) is 23.2 Å². The average Bonchev–Trinajstić information content (AvgIpc) is 2.61. The quantitative estimate of drug-likeness (QED) is 0.812. The van der Waals surface area contributed by atoms with E-state index in [1.165, 1.54) is 17.5 Å². The largest absolute Gasteiger partial charge is 0.380 e. The molecule has 5 nitrogen and oxygen atoms in total. The third kappa shape index (κ3) is 2.85. The van der Waals surface area contributed by atoms with E-state index in [0.717, 1.165) is 36.8 Å². The van der Waals surface area contributed by atoms with Crippen molar-refractivity contribution in [3.63, 3.8) is 0 Å². The van der Waals surface area contributed by atoms with E-state index in [0.29, 0.717) is 28.5 Å². The van der Waals surface area contributed by atoms with Gasteiger partial charge in [0.25, 0.3) is 5.56 Å². The molecular formula is C19H28BrN3O2. The molecule has 5 rings (SSSR count). The average molecular weight is 410 g/mol. The van der Waals surface area contributed by atoms with Crippen LogP contribution in [0.4, 0.5) is 5.69 Å². The lowest BCUT2D eigenvalue weighted by Gasteiger charge is -2.62. The van der Waals surface area contributed by atoms with Gasteiger partial charge in [-0.05, 0) is 71.2 Å². The molecular weight excluding hydrogens is 382 g/mol. The van der Waals surface area contributed by atoms with Crippen molar-refractivity contribution >= 4 is 21.6 Å². The Hall–Kier alpha value is -0.880. The molecule has 138 valence electrons. The smallest absolute Gasteiger partial charge is 0.285 e. The molecule has 1 aromatic rings. The number of nitrogens with zero attached hydrogens (tertiary/aromatic N) is 2. The topological polar surface area (TPSA) is 56.1 Å². The minimum atomic E-state index is -0.228. The molecule has 2 bridgehead atoms. The van der Waals surface area contributed by atoms with Gasteiger partial charge in [0.05, 0.1) is 11.9 Å². The highest BCUT2D eigenvalue weighted by molar-refractivity contribution is 9.10. The van der Waals surface area contributed by atoms with Crippen LogP contribution < -0.4 is 10.9 Å². The van der Waals surface area contributed by atoms with Gasteiger partial charge in [0.1, 0.15) is 4.47 Å². The van der Waals surface area contributed by atoms with Gasteiger partial charge in [-0.1, -0.05) is 20.8 Å². The molecule has 5 atom stereocenters. The maximum atomic E-state index is 12.7. The lowest BCUT2D eigenvalue weighted by Crippen LogP contribution is -2.58. The van der Waals surface area contributed by atoms with Gasteiger partial charge in [0.2, 0.25) is 0 Å². The Morgan fingerprint density at radius 1 is 1.36 bits per heavy atom. The van der Waals surface area contributed by atoms with Crippen LogP contribution in [0.3, 0.4) is 0 Å². The number of anilines is 1. The van der Waals surface area contributed by atoms with Crippen LogP contribution in [0.2, 0.25) is 0 Å². The first-order valence-corrected chi connectivity index (χ1v) is 10.3. The molecule has 0 amide bonds. The van der Waals surface area contributed by atoms with Gasteiger partial charge < -0.3 is 10.1 Å². The predicted molar refractivity (Wildman–Crippen MR) is 102 cm³/mol. The number of nitrogens with one attached hydrogen (secondary N) is 1. The van der Waals surface area contributed by atoms with E-state index in [1.54, 1.807) is 6.20 Å². The van der Waals surface area contributed by atoms with E-state index in [-0.39, 0.29) is 11.8 Å². The summed E-state index contributed by atoms with van der Waals surface area (Å²) in [6.07, 6.45) is 7.07. The molecule has 0 aromatic carbocycles. The lowest BCUT2D eigenvalue weighted by atomic mass is 9.45. The molecule has 1 saturated heterocycles. The molecule has 4 aliphatic rings. The summed E-state index contributed by atoms with van der Waals surface area (Å²) in [6.45, 7) is 7.86. The monoisotopic (exact) mass is 409 g/mol. The van der Waals surface area contributed by atoms with Gasteiger partial charge in [-0.2, -0.15) is 9.78 Å². The third-order valence-electron chi connectivity index (χ3n) is 7.07. The number of aromatic nitrogens is 2. The van der Waals surface area contributed by atoms with Crippen molar-refractivity contribution in [2.75, 3.05) is 11.9 Å². The van der Waals surface area contributed by atoms with Gasteiger partial charge in [-0.25, -0.2) is 0 Å². The number of ether oxygens (including phenoxy) is 1. The molecule has 1 aromatic heterocycles. The molecule has 2 heterocycles. The van der Waals surface area contributed by atoms with E-state index >= 15 is 0 Å². The molecule has 1 aliphatic heterocycles. The van der Waals surface area contributed by atoms with Crippen molar-refractivity contribution in [1.29, 1.82) is 0 Å². The Morgan fingerprint density at radius 2 is 2.16 bits per heavy atom. The second-order valence-corrected chi connectivity index (χ2v) is 9.44. The highest BCUT2D eigenvalue weighted by Gasteiger charge is 2.56. The molecule has 3 aliphatic carbocycles. The fourth-order valence-electron chi connectivity index (χ4n) is 5.21. The van der Waals surface area contributed by atoms with Gasteiger partial charge in [0, 0.05) is 12.6 Å². The first kappa shape index (κ1) is 17.5. The van der Waals surface area contributed by atoms with Gasteiger partial charge in [0.15, 0.2) is 6.23 Å². The summed E-state index contributed by atoms with van der Waals surface area (Å²) in [6, 6.07) is 0.413. The molecule has 6 heteroatoms. The highest BCUT2D eigenvalue weighted by atomic mass is 79.9. The fourth-order valence-corrected chi connectivity index (χ4v) is 5.61. The second-order valence-electron chi connectivity index (χ2n) is 8.65. The van der Waals surface area contributed by atoms with Crippen LogP contribution in [0.5, 0.6) is 0 Å². The molecule has 3 saturated carbocycles. The minimum Gasteiger partial charge on any atom is -0.380 e. The van der Waals surface area contributed by atoms with E-state index in [1.807, 2.05) is 0 Å². The predicted octanol–water partition coefficient (Wildman–Crippen LogP) is 4.19. The van der Waals surface area contributed by atoms with Crippen LogP contribution in [-0.2, 0) is 4.74 Å². The van der Waals surface area contributed by atoms with E-state index in [9.17, 15) is 4.79 Å². The van der Waals surface area contributed by atoms with Crippen molar-refractivity contribution in [3.05, 3.63) is 21.0 Å². The molecule has 2 unspecified atom stereocenters. The summed E-state index contributed by atoms with van der Waals surface area (Å²) in [4.78, 5) is 12.7. The first-order valence-electron chi connectivity index (χ1n) is 9.55. The van der Waals surface area contributed by atoms with Crippen molar-refractivity contribution in [1.82, 2.24) is 9.78 Å². The number of halogens is 1. The van der Waals surface area contributed by atoms with Crippen molar-refractivity contribution in [3.8, 4) is 0 Å². The van der Waals surface area contributed by atoms with Crippen LogP contribution in [-0.4, -0.2) is 22.4 Å². The number of hydrogen-bond acceptors (Lipinski definition) is 4. The van der Waals surface area contributed by atoms with Gasteiger partial charge in [-0.3, -0.25) is 4.79 Å². The van der Waals surface area contributed by atoms with Crippen LogP contribution in [0.15, 0.2) is 15.5 Å². The Labute approximate surface area is 157 Å². The Morgan fingerprint density at radius 3 is 2.80 bits per heavy atom. The lowest BCUT2D eigenvalue weighted by molar-refractivity contribution is -0.105. The number of rotatable bonds is 3. The van der Waals surface area contributed by atoms with Gasteiger partial charge in [-0.15, -0.1) is 0 Å². The normalized spacial score (nSPS) is 36.6. The summed E-state index contributed by atoms with van der Waals surface area (Å²) in [7, 11) is 0. The zero-order valence-corrected chi connectivity index (χ0v) is 16.9. The zero-order valence-electron chi connectivity index (χ0n) is 15.3. The zero-order chi connectivity index (χ0) is 17.8. The standard InChI is InChI=1S/C19H28BrN3O2/c1-11-13-8-12(19(13,2)3)9-14(11)22-15-10-21-23(18(24)17(15)20)16-6-4-5-7-25-16/h10-14,16,22H,4-9H2,1-3H3/t11-,12?,13-,14-,16?/m1/s1. The van der Waals surface area contributed by atoms with E-state index in [4.69, 9.17) is 4.74 Å². The SMILES string of the molecule is C[C@@H]1[C@H]2CC(C[C@H]1Nc1cnn(C3CCCCO3)c(=O)c1Br)C2(C)C. The number of hydrogen-bond donors (Lipinski definition) is 1. The maximum Gasteiger partial charge on any atom is 0.285 e. The summed E-state index contributed by atoms with van der Waals surface area (Å²) >= 11 is 3.50. The molecule has 0 spiro atoms. The van der Waals surface area contributed by atoms with Crippen LogP contribution >= 0.6 is 15.9 Å². The second kappa shape index (κ2) is 6.38. The molecule has 25 heavy (non-hydrogen) atoms. The van der Waals surface area contributed by atoms with Gasteiger partial charge >= 0.3 is 0 Å². The minimum absolute atomic E-state index is 0.106. The molecule has 0 radical (unpaired) electrons. The highest BCUT2D eigenvalue weighted by Crippen LogP contribution is 2.61. The van der Waals surface area contributed by atoms with Crippen LogP contribution in [0.1, 0.15) is 59.1 Å². The third-order valence-corrected chi connectivity index (χ3v) is 7.83. The maximum absolute atomic E-state index is 12.7. The van der Waals surface area contributed by atoms with Crippen LogP contribution in [0.25, 0.3) is 0 Å². The molecule has 1 N–H and O–H groups in total. The summed E-state index contributed by atoms with van der Waals surface area (Å²) < 4.78 is 7.77. The summed E-state index contributed by atoms with van der Waals surface area (Å²) in [5.74, 6) is 2.16. The first-order chi connectivity index (χ1) is 11.9. The van der Waals surface area contributed by atoms with Crippen molar-refractivity contribution in [2.45, 2.75) is 65.1 Å². The molecule has 4 fully saturated rings.